The number of fused-ring (bicyclic) bond motifs is 1. The second-order valence-corrected chi connectivity index (χ2v) is 7.47. The first-order valence-electron chi connectivity index (χ1n) is 9.85. The summed E-state index contributed by atoms with van der Waals surface area (Å²) in [7, 11) is 1.51. The van der Waals surface area contributed by atoms with Crippen LogP contribution in [-0.4, -0.2) is 36.9 Å². The summed E-state index contributed by atoms with van der Waals surface area (Å²) in [6.07, 6.45) is 1.67. The summed E-state index contributed by atoms with van der Waals surface area (Å²) < 4.78 is 10.8. The van der Waals surface area contributed by atoms with E-state index < -0.39 is 5.63 Å². The van der Waals surface area contributed by atoms with E-state index in [1.807, 2.05) is 13.0 Å². The highest BCUT2D eigenvalue weighted by atomic mass is 35.5. The molecular formula is C23H23ClN2O5. The van der Waals surface area contributed by atoms with Gasteiger partial charge in [-0.3, -0.25) is 9.59 Å². The number of halogens is 1. The van der Waals surface area contributed by atoms with Gasteiger partial charge >= 0.3 is 5.63 Å². The van der Waals surface area contributed by atoms with Crippen LogP contribution < -0.4 is 15.7 Å². The Labute approximate surface area is 184 Å². The first-order chi connectivity index (χ1) is 14.9. The number of para-hydroxylation sites is 1. The second kappa shape index (κ2) is 10.1. The second-order valence-electron chi connectivity index (χ2n) is 7.07. The van der Waals surface area contributed by atoms with Crippen molar-refractivity contribution in [3.05, 3.63) is 69.5 Å². The Bertz CT molecular complexity index is 1160. The van der Waals surface area contributed by atoms with Crippen LogP contribution >= 0.6 is 11.6 Å². The van der Waals surface area contributed by atoms with Crippen molar-refractivity contribution in [1.82, 2.24) is 4.90 Å². The molecule has 3 aromatic rings. The number of hydrogen-bond donors (Lipinski definition) is 1. The van der Waals surface area contributed by atoms with Gasteiger partial charge in [0.15, 0.2) is 6.61 Å². The number of hydrogen-bond acceptors (Lipinski definition) is 5. The van der Waals surface area contributed by atoms with Crippen molar-refractivity contribution in [2.75, 3.05) is 25.5 Å². The number of ether oxygens (including phenoxy) is 1. The van der Waals surface area contributed by atoms with Gasteiger partial charge in [0.2, 0.25) is 5.91 Å². The zero-order valence-electron chi connectivity index (χ0n) is 17.3. The number of nitrogens with one attached hydrogen (secondary N) is 1. The average Bonchev–Trinajstić information content (AvgIpc) is 2.73. The van der Waals surface area contributed by atoms with Crippen LogP contribution in [0.3, 0.4) is 0 Å². The lowest BCUT2D eigenvalue weighted by atomic mass is 10.1. The zero-order chi connectivity index (χ0) is 22.4. The van der Waals surface area contributed by atoms with Crippen LogP contribution in [0.5, 0.6) is 5.75 Å². The van der Waals surface area contributed by atoms with Crippen molar-refractivity contribution in [2.45, 2.75) is 19.8 Å². The lowest BCUT2D eigenvalue weighted by Crippen LogP contribution is -2.37. The molecule has 0 saturated heterocycles. The van der Waals surface area contributed by atoms with Crippen LogP contribution in [0.25, 0.3) is 11.0 Å². The van der Waals surface area contributed by atoms with Crippen LogP contribution in [0.1, 0.15) is 18.9 Å². The van der Waals surface area contributed by atoms with E-state index in [0.717, 1.165) is 23.8 Å². The zero-order valence-corrected chi connectivity index (χ0v) is 18.1. The van der Waals surface area contributed by atoms with Gasteiger partial charge in [0.1, 0.15) is 11.3 Å². The maximum Gasteiger partial charge on any atom is 0.336 e. The summed E-state index contributed by atoms with van der Waals surface area (Å²) in [5, 5.41) is 3.92. The summed E-state index contributed by atoms with van der Waals surface area (Å²) in [6.45, 7) is 1.62. The molecule has 3 rings (SSSR count). The number of likely N-dealkylation sites (N-methyl/N-ethyl adjacent to an activating group) is 1. The number of aryl methyl sites for hydroxylation is 1. The number of carbonyl (C=O) groups excluding carboxylic acids is 2. The summed E-state index contributed by atoms with van der Waals surface area (Å²) in [5.74, 6) is -0.359. The molecule has 0 aliphatic rings. The van der Waals surface area contributed by atoms with Crippen molar-refractivity contribution in [2.24, 2.45) is 0 Å². The molecule has 8 heteroatoms. The fraction of sp³-hybridized carbons (Fsp3) is 0.261. The van der Waals surface area contributed by atoms with E-state index in [2.05, 4.69) is 5.32 Å². The predicted molar refractivity (Wildman–Crippen MR) is 120 cm³/mol. The third-order valence-corrected chi connectivity index (χ3v) is 4.97. The summed E-state index contributed by atoms with van der Waals surface area (Å²) >= 11 is 6.02. The predicted octanol–water partition coefficient (Wildman–Crippen LogP) is 3.87. The molecule has 0 bridgehead atoms. The molecule has 2 aromatic carbocycles. The van der Waals surface area contributed by atoms with Crippen molar-refractivity contribution in [1.29, 1.82) is 0 Å². The maximum absolute atomic E-state index is 12.3. The van der Waals surface area contributed by atoms with Crippen LogP contribution in [0.15, 0.2) is 57.7 Å². The first kappa shape index (κ1) is 22.4. The minimum Gasteiger partial charge on any atom is -0.484 e. The fourth-order valence-corrected chi connectivity index (χ4v) is 3.27. The minimum absolute atomic E-state index is 0.152. The Morgan fingerprint density at radius 3 is 2.68 bits per heavy atom. The molecule has 1 heterocycles. The number of rotatable bonds is 8. The molecule has 162 valence electrons. The molecule has 0 unspecified atom stereocenters. The number of nitrogens with zero attached hydrogens (tertiary/aromatic N) is 1. The Kier molecular flexibility index (Phi) is 7.31. The maximum atomic E-state index is 12.3. The molecule has 31 heavy (non-hydrogen) atoms. The van der Waals surface area contributed by atoms with Crippen LogP contribution in [-0.2, 0) is 16.0 Å². The summed E-state index contributed by atoms with van der Waals surface area (Å²) in [6, 6.07) is 13.5. The van der Waals surface area contributed by atoms with Gasteiger partial charge in [-0.15, -0.1) is 0 Å². The fourth-order valence-electron chi connectivity index (χ4n) is 3.09. The molecule has 0 spiro atoms. The van der Waals surface area contributed by atoms with Gasteiger partial charge in [0, 0.05) is 24.6 Å². The Morgan fingerprint density at radius 1 is 1.16 bits per heavy atom. The Balaban J connectivity index is 1.59. The third kappa shape index (κ3) is 5.86. The van der Waals surface area contributed by atoms with Crippen LogP contribution in [0.4, 0.5) is 5.69 Å². The highest BCUT2D eigenvalue weighted by Crippen LogP contribution is 2.24. The van der Waals surface area contributed by atoms with Gasteiger partial charge in [-0.05, 0) is 36.2 Å². The van der Waals surface area contributed by atoms with Gasteiger partial charge in [-0.1, -0.05) is 37.1 Å². The van der Waals surface area contributed by atoms with E-state index in [9.17, 15) is 14.4 Å². The van der Waals surface area contributed by atoms with Gasteiger partial charge in [-0.25, -0.2) is 4.79 Å². The minimum atomic E-state index is -0.423. The smallest absolute Gasteiger partial charge is 0.336 e. The van der Waals surface area contributed by atoms with Crippen LogP contribution in [0, 0.1) is 0 Å². The summed E-state index contributed by atoms with van der Waals surface area (Å²) in [4.78, 5) is 37.6. The molecule has 0 aliphatic heterocycles. The van der Waals surface area contributed by atoms with Gasteiger partial charge < -0.3 is 19.4 Å². The number of carbonyl (C=O) groups is 2. The topological polar surface area (TPSA) is 88.8 Å². The Hall–Kier alpha value is -3.32. The largest absolute Gasteiger partial charge is 0.484 e. The molecule has 0 fully saturated rings. The average molecular weight is 443 g/mol. The molecule has 2 amide bonds. The number of benzene rings is 2. The lowest BCUT2D eigenvalue weighted by Gasteiger charge is -2.17. The standard InChI is InChI=1S/C23H23ClN2O5/c1-3-6-15-11-23(29)31-20-12-16(9-10-17(15)20)30-14-22(28)26(2)13-21(27)25-19-8-5-4-7-18(19)24/h4-5,7-12H,3,6,13-14H2,1-2H3,(H,25,27). The van der Waals surface area contributed by atoms with Crippen molar-refractivity contribution in [3.63, 3.8) is 0 Å². The van der Waals surface area contributed by atoms with Crippen LogP contribution in [0.2, 0.25) is 5.02 Å². The van der Waals surface area contributed by atoms with Gasteiger partial charge in [0.25, 0.3) is 5.91 Å². The van der Waals surface area contributed by atoms with Crippen molar-refractivity contribution >= 4 is 40.1 Å². The molecule has 0 saturated carbocycles. The monoisotopic (exact) mass is 442 g/mol. The highest BCUT2D eigenvalue weighted by molar-refractivity contribution is 6.33. The molecule has 0 radical (unpaired) electrons. The summed E-state index contributed by atoms with van der Waals surface area (Å²) in [5.41, 5.74) is 1.38. The lowest BCUT2D eigenvalue weighted by molar-refractivity contribution is -0.135. The van der Waals surface area contributed by atoms with Crippen molar-refractivity contribution in [3.8, 4) is 5.75 Å². The molecule has 1 aromatic heterocycles. The molecule has 1 N–H and O–H groups in total. The Morgan fingerprint density at radius 2 is 1.94 bits per heavy atom. The number of anilines is 1. The third-order valence-electron chi connectivity index (χ3n) is 4.64. The van der Waals surface area contributed by atoms with E-state index in [-0.39, 0.29) is 25.0 Å². The molecule has 0 aliphatic carbocycles. The van der Waals surface area contributed by atoms with E-state index in [1.54, 1.807) is 36.4 Å². The molecule has 0 atom stereocenters. The van der Waals surface area contributed by atoms with Crippen molar-refractivity contribution < 1.29 is 18.7 Å². The normalized spacial score (nSPS) is 10.7. The first-order valence-corrected chi connectivity index (χ1v) is 10.2. The number of amides is 2. The van der Waals surface area contributed by atoms with Gasteiger partial charge in [0.05, 0.1) is 17.3 Å². The highest BCUT2D eigenvalue weighted by Gasteiger charge is 2.15. The SMILES string of the molecule is CCCc1cc(=O)oc2cc(OCC(=O)N(C)CC(=O)Nc3ccccc3Cl)ccc12. The van der Waals surface area contributed by atoms with E-state index in [1.165, 1.54) is 18.0 Å². The molecule has 7 nitrogen and oxygen atoms in total. The van der Waals surface area contributed by atoms with E-state index >= 15 is 0 Å². The quantitative estimate of drug-likeness (QED) is 0.535. The van der Waals surface area contributed by atoms with E-state index in [4.69, 9.17) is 20.8 Å². The van der Waals surface area contributed by atoms with E-state index in [0.29, 0.717) is 22.0 Å². The molecular weight excluding hydrogens is 420 g/mol. The van der Waals surface area contributed by atoms with Gasteiger partial charge in [-0.2, -0.15) is 0 Å².